The zero-order valence-electron chi connectivity index (χ0n) is 12.7. The molecule has 0 amide bonds. The summed E-state index contributed by atoms with van der Waals surface area (Å²) < 4.78 is 21.5. The second-order valence-corrected chi connectivity index (χ2v) is 5.22. The molecule has 110 valence electrons. The molecule has 0 aliphatic carbocycles. The van der Waals surface area contributed by atoms with Crippen LogP contribution in [0.5, 0.6) is 5.75 Å². The lowest BCUT2D eigenvalue weighted by molar-refractivity contribution is 0.342. The van der Waals surface area contributed by atoms with E-state index in [1.54, 1.807) is 6.07 Å². The molecule has 2 rings (SSSR count). The van der Waals surface area contributed by atoms with E-state index in [1.165, 1.54) is 11.6 Å². The number of aryl methyl sites for hydroxylation is 1. The molecule has 1 aromatic carbocycles. The number of likely N-dealkylation sites (N-methyl/N-ethyl adjacent to an activating group) is 1. The van der Waals surface area contributed by atoms with Crippen molar-refractivity contribution in [3.63, 3.8) is 0 Å². The molecular weight excluding hydrogens is 255 g/mol. The fourth-order valence-electron chi connectivity index (χ4n) is 2.50. The number of benzene rings is 1. The molecule has 0 saturated carbocycles. The van der Waals surface area contributed by atoms with Gasteiger partial charge < -0.3 is 14.2 Å². The molecule has 0 saturated heterocycles. The zero-order valence-corrected chi connectivity index (χ0v) is 12.7. The Kier molecular flexibility index (Phi) is 4.65. The van der Waals surface area contributed by atoms with Gasteiger partial charge >= 0.3 is 0 Å². The van der Waals surface area contributed by atoms with Crippen molar-refractivity contribution in [2.24, 2.45) is 0 Å². The molecule has 20 heavy (non-hydrogen) atoms. The third-order valence-corrected chi connectivity index (χ3v) is 3.46. The van der Waals surface area contributed by atoms with E-state index in [0.717, 1.165) is 30.4 Å². The molecule has 0 aliphatic rings. The molecule has 3 nitrogen and oxygen atoms in total. The highest BCUT2D eigenvalue weighted by atomic mass is 19.1. The van der Waals surface area contributed by atoms with Crippen molar-refractivity contribution in [1.82, 2.24) is 9.47 Å². The number of halogens is 1. The van der Waals surface area contributed by atoms with Crippen LogP contribution in [0.15, 0.2) is 18.3 Å². The molecule has 0 aliphatic heterocycles. The predicted octanol–water partition coefficient (Wildman–Crippen LogP) is 3.30. The zero-order chi connectivity index (χ0) is 14.7. The van der Waals surface area contributed by atoms with Crippen molar-refractivity contribution in [2.75, 3.05) is 27.2 Å². The van der Waals surface area contributed by atoms with Crippen molar-refractivity contribution in [3.8, 4) is 5.75 Å². The van der Waals surface area contributed by atoms with Gasteiger partial charge in [-0.2, -0.15) is 0 Å². The lowest BCUT2D eigenvalue weighted by Crippen LogP contribution is -2.15. The average Bonchev–Trinajstić information content (AvgIpc) is 2.74. The lowest BCUT2D eigenvalue weighted by atomic mass is 10.1. The third kappa shape index (κ3) is 2.96. The van der Waals surface area contributed by atoms with Crippen molar-refractivity contribution in [2.45, 2.75) is 26.8 Å². The first-order valence-corrected chi connectivity index (χ1v) is 7.15. The Bertz CT molecular complexity index is 590. The fraction of sp³-hybridized carbons (Fsp3) is 0.500. The molecule has 4 heteroatoms. The number of hydrogen-bond acceptors (Lipinski definition) is 2. The van der Waals surface area contributed by atoms with E-state index in [0.29, 0.717) is 12.4 Å². The van der Waals surface area contributed by atoms with E-state index >= 15 is 0 Å². The summed E-state index contributed by atoms with van der Waals surface area (Å²) in [5.74, 6) is 0.413. The van der Waals surface area contributed by atoms with Crippen LogP contribution in [-0.4, -0.2) is 36.7 Å². The summed E-state index contributed by atoms with van der Waals surface area (Å²) in [4.78, 5) is 2.15. The molecular formula is C16H23FN2O. The van der Waals surface area contributed by atoms with Crippen LogP contribution in [0.25, 0.3) is 10.9 Å². The Morgan fingerprint density at radius 3 is 2.60 bits per heavy atom. The second-order valence-electron chi connectivity index (χ2n) is 5.22. The van der Waals surface area contributed by atoms with Gasteiger partial charge in [-0.1, -0.05) is 0 Å². The Balaban J connectivity index is 2.55. The fourth-order valence-corrected chi connectivity index (χ4v) is 2.50. The molecule has 1 aromatic heterocycles. The molecule has 0 unspecified atom stereocenters. The number of rotatable bonds is 6. The van der Waals surface area contributed by atoms with Crippen LogP contribution in [0.4, 0.5) is 4.39 Å². The molecule has 0 N–H and O–H groups in total. The number of nitrogens with zero attached hydrogens (tertiary/aromatic N) is 2. The predicted molar refractivity (Wildman–Crippen MR) is 81.0 cm³/mol. The number of fused-ring (bicyclic) bond motifs is 1. The van der Waals surface area contributed by atoms with Crippen LogP contribution in [0, 0.1) is 5.82 Å². The topological polar surface area (TPSA) is 17.4 Å². The van der Waals surface area contributed by atoms with Crippen LogP contribution in [0.3, 0.4) is 0 Å². The minimum Gasteiger partial charge on any atom is -0.493 e. The standard InChI is InChI=1S/C16H23FN2O/c1-5-19-11-12(7-8-18(3)4)16-14(19)9-13(17)10-15(16)20-6-2/h9-11H,5-8H2,1-4H3. The van der Waals surface area contributed by atoms with Gasteiger partial charge in [0.1, 0.15) is 11.6 Å². The van der Waals surface area contributed by atoms with Crippen molar-refractivity contribution >= 4 is 10.9 Å². The SMILES string of the molecule is CCOc1cc(F)cc2c1c(CCN(C)C)cn2CC. The molecule has 0 spiro atoms. The number of ether oxygens (including phenoxy) is 1. The van der Waals surface area contributed by atoms with Crippen LogP contribution < -0.4 is 4.74 Å². The normalized spacial score (nSPS) is 11.5. The smallest absolute Gasteiger partial charge is 0.131 e. The third-order valence-electron chi connectivity index (χ3n) is 3.46. The van der Waals surface area contributed by atoms with Crippen LogP contribution in [0.1, 0.15) is 19.4 Å². The summed E-state index contributed by atoms with van der Waals surface area (Å²) in [5.41, 5.74) is 2.14. The minimum atomic E-state index is -0.243. The van der Waals surface area contributed by atoms with Gasteiger partial charge in [-0.05, 0) is 46.0 Å². The molecule has 1 heterocycles. The summed E-state index contributed by atoms with van der Waals surface area (Å²) in [6, 6.07) is 3.09. The summed E-state index contributed by atoms with van der Waals surface area (Å²) in [5, 5.41) is 1.05. The molecule has 2 aromatic rings. The maximum absolute atomic E-state index is 13.8. The number of hydrogen-bond donors (Lipinski definition) is 0. The summed E-state index contributed by atoms with van der Waals surface area (Å²) in [7, 11) is 4.12. The molecule has 0 atom stereocenters. The van der Waals surface area contributed by atoms with E-state index in [-0.39, 0.29) is 5.82 Å². The summed E-state index contributed by atoms with van der Waals surface area (Å²) >= 11 is 0. The van der Waals surface area contributed by atoms with Gasteiger partial charge in [-0.25, -0.2) is 4.39 Å². The molecule has 0 radical (unpaired) electrons. The summed E-state index contributed by atoms with van der Waals surface area (Å²) in [6.07, 6.45) is 3.05. The Morgan fingerprint density at radius 1 is 1.25 bits per heavy atom. The Hall–Kier alpha value is -1.55. The lowest BCUT2D eigenvalue weighted by Gasteiger charge is -2.10. The first kappa shape index (κ1) is 14.9. The van der Waals surface area contributed by atoms with Gasteiger partial charge in [0, 0.05) is 30.7 Å². The van der Waals surface area contributed by atoms with Crippen molar-refractivity contribution < 1.29 is 9.13 Å². The van der Waals surface area contributed by atoms with Gasteiger partial charge in [0.15, 0.2) is 0 Å². The van der Waals surface area contributed by atoms with Gasteiger partial charge in [0.25, 0.3) is 0 Å². The van der Waals surface area contributed by atoms with E-state index < -0.39 is 0 Å². The maximum atomic E-state index is 13.8. The van der Waals surface area contributed by atoms with Gasteiger partial charge in [-0.3, -0.25) is 0 Å². The summed E-state index contributed by atoms with van der Waals surface area (Å²) in [6.45, 7) is 6.33. The van der Waals surface area contributed by atoms with Crippen molar-refractivity contribution in [1.29, 1.82) is 0 Å². The van der Waals surface area contributed by atoms with Crippen LogP contribution in [-0.2, 0) is 13.0 Å². The Labute approximate surface area is 119 Å². The van der Waals surface area contributed by atoms with E-state index in [9.17, 15) is 4.39 Å². The van der Waals surface area contributed by atoms with Crippen LogP contribution in [0.2, 0.25) is 0 Å². The van der Waals surface area contributed by atoms with Crippen molar-refractivity contribution in [3.05, 3.63) is 29.7 Å². The average molecular weight is 278 g/mol. The quantitative estimate of drug-likeness (QED) is 0.806. The van der Waals surface area contributed by atoms with E-state index in [1.807, 2.05) is 6.92 Å². The first-order chi connectivity index (χ1) is 9.56. The van der Waals surface area contributed by atoms with Gasteiger partial charge in [0.05, 0.1) is 12.1 Å². The minimum absolute atomic E-state index is 0.243. The first-order valence-electron chi connectivity index (χ1n) is 7.15. The second kappa shape index (κ2) is 6.27. The van der Waals surface area contributed by atoms with Crippen LogP contribution >= 0.6 is 0 Å². The number of aromatic nitrogens is 1. The van der Waals surface area contributed by atoms with E-state index in [2.05, 4.69) is 36.7 Å². The largest absolute Gasteiger partial charge is 0.493 e. The van der Waals surface area contributed by atoms with Gasteiger partial charge in [-0.15, -0.1) is 0 Å². The van der Waals surface area contributed by atoms with E-state index in [4.69, 9.17) is 4.74 Å². The highest BCUT2D eigenvalue weighted by molar-refractivity contribution is 5.90. The monoisotopic (exact) mass is 278 g/mol. The maximum Gasteiger partial charge on any atom is 0.131 e. The van der Waals surface area contributed by atoms with Gasteiger partial charge in [0.2, 0.25) is 0 Å². The highest BCUT2D eigenvalue weighted by Crippen LogP contribution is 2.32. The highest BCUT2D eigenvalue weighted by Gasteiger charge is 2.15. The molecule has 0 bridgehead atoms. The molecule has 0 fully saturated rings. The Morgan fingerprint density at radius 2 is 2.00 bits per heavy atom.